The second kappa shape index (κ2) is 8.84. The van der Waals surface area contributed by atoms with Crippen LogP contribution in [0, 0.1) is 5.82 Å². The van der Waals surface area contributed by atoms with Gasteiger partial charge in [0.15, 0.2) is 11.5 Å². The van der Waals surface area contributed by atoms with Crippen LogP contribution < -0.4 is 9.47 Å². The molecular formula is C19H20FNO5. The molecule has 0 fully saturated rings. The number of hydrogen-bond acceptors (Lipinski definition) is 4. The number of ether oxygens (including phenoxy) is 2. The number of halogens is 1. The summed E-state index contributed by atoms with van der Waals surface area (Å²) in [5.41, 5.74) is 0.681. The SMILES string of the molecule is COc1ccc(CCN(CC(=O)O)C(=O)c2ccccc2F)cc1OC. The first-order chi connectivity index (χ1) is 12.5. The number of carboxylic acids is 1. The van der Waals surface area contributed by atoms with Crippen molar-refractivity contribution in [3.63, 3.8) is 0 Å². The van der Waals surface area contributed by atoms with Gasteiger partial charge in [0, 0.05) is 6.54 Å². The van der Waals surface area contributed by atoms with Crippen LogP contribution in [0.2, 0.25) is 0 Å². The molecule has 2 aromatic carbocycles. The van der Waals surface area contributed by atoms with Gasteiger partial charge in [0.1, 0.15) is 12.4 Å². The molecule has 0 saturated heterocycles. The number of benzene rings is 2. The molecule has 1 amide bonds. The van der Waals surface area contributed by atoms with Gasteiger partial charge in [-0.05, 0) is 36.2 Å². The normalized spacial score (nSPS) is 10.3. The van der Waals surface area contributed by atoms with Crippen LogP contribution in [0.1, 0.15) is 15.9 Å². The molecule has 7 heteroatoms. The molecule has 0 atom stereocenters. The standard InChI is InChI=1S/C19H20FNO5/c1-25-16-8-7-13(11-17(16)26-2)9-10-21(12-18(22)23)19(24)14-5-3-4-6-15(14)20/h3-8,11H,9-10,12H2,1-2H3,(H,22,23). The Morgan fingerprint density at radius 3 is 2.38 bits per heavy atom. The largest absolute Gasteiger partial charge is 0.493 e. The summed E-state index contributed by atoms with van der Waals surface area (Å²) in [5.74, 6) is -1.40. The lowest BCUT2D eigenvalue weighted by Crippen LogP contribution is -2.37. The minimum Gasteiger partial charge on any atom is -0.493 e. The molecule has 0 aliphatic heterocycles. The maximum Gasteiger partial charge on any atom is 0.323 e. The van der Waals surface area contributed by atoms with Crippen molar-refractivity contribution in [2.75, 3.05) is 27.3 Å². The van der Waals surface area contributed by atoms with Crippen molar-refractivity contribution in [3.05, 3.63) is 59.4 Å². The van der Waals surface area contributed by atoms with E-state index < -0.39 is 24.2 Å². The van der Waals surface area contributed by atoms with E-state index in [-0.39, 0.29) is 12.1 Å². The molecule has 6 nitrogen and oxygen atoms in total. The third-order valence-electron chi connectivity index (χ3n) is 3.84. The Morgan fingerprint density at radius 1 is 1.08 bits per heavy atom. The number of carbonyl (C=O) groups excluding carboxylic acids is 1. The Balaban J connectivity index is 2.17. The highest BCUT2D eigenvalue weighted by Crippen LogP contribution is 2.27. The first kappa shape index (κ1) is 19.2. The van der Waals surface area contributed by atoms with Crippen molar-refractivity contribution in [1.29, 1.82) is 0 Å². The van der Waals surface area contributed by atoms with Crippen LogP contribution in [-0.4, -0.2) is 49.2 Å². The Labute approximate surface area is 150 Å². The van der Waals surface area contributed by atoms with Crippen LogP contribution >= 0.6 is 0 Å². The van der Waals surface area contributed by atoms with Crippen LogP contribution in [-0.2, 0) is 11.2 Å². The highest BCUT2D eigenvalue weighted by molar-refractivity contribution is 5.96. The summed E-state index contributed by atoms with van der Waals surface area (Å²) >= 11 is 0. The monoisotopic (exact) mass is 361 g/mol. The van der Waals surface area contributed by atoms with Gasteiger partial charge in [-0.3, -0.25) is 9.59 Å². The summed E-state index contributed by atoms with van der Waals surface area (Å²) in [4.78, 5) is 24.7. The van der Waals surface area contributed by atoms with E-state index in [2.05, 4.69) is 0 Å². The fourth-order valence-electron chi connectivity index (χ4n) is 2.52. The van der Waals surface area contributed by atoms with Crippen LogP contribution in [0.25, 0.3) is 0 Å². The van der Waals surface area contributed by atoms with E-state index in [0.29, 0.717) is 17.9 Å². The number of hydrogen-bond donors (Lipinski definition) is 1. The van der Waals surface area contributed by atoms with E-state index in [0.717, 1.165) is 10.5 Å². The zero-order chi connectivity index (χ0) is 19.1. The van der Waals surface area contributed by atoms with E-state index in [1.165, 1.54) is 38.5 Å². The van der Waals surface area contributed by atoms with Crippen molar-refractivity contribution >= 4 is 11.9 Å². The van der Waals surface area contributed by atoms with E-state index in [1.807, 2.05) is 0 Å². The number of aliphatic carboxylic acids is 1. The first-order valence-corrected chi connectivity index (χ1v) is 7.92. The molecule has 0 spiro atoms. The van der Waals surface area contributed by atoms with E-state index in [1.54, 1.807) is 18.2 Å². The van der Waals surface area contributed by atoms with Crippen LogP contribution in [0.4, 0.5) is 4.39 Å². The molecule has 0 radical (unpaired) electrons. The van der Waals surface area contributed by atoms with Crippen molar-refractivity contribution in [1.82, 2.24) is 4.90 Å². The number of rotatable bonds is 8. The minimum absolute atomic E-state index is 0.120. The predicted molar refractivity (Wildman–Crippen MR) is 93.2 cm³/mol. The summed E-state index contributed by atoms with van der Waals surface area (Å²) in [7, 11) is 3.04. The number of methoxy groups -OCH3 is 2. The lowest BCUT2D eigenvalue weighted by atomic mass is 10.1. The smallest absolute Gasteiger partial charge is 0.323 e. The molecule has 26 heavy (non-hydrogen) atoms. The van der Waals surface area contributed by atoms with Gasteiger partial charge < -0.3 is 19.5 Å². The molecule has 2 rings (SSSR count). The molecule has 0 bridgehead atoms. The number of carboxylic acid groups (broad SMARTS) is 1. The third-order valence-corrected chi connectivity index (χ3v) is 3.84. The molecule has 1 N–H and O–H groups in total. The Morgan fingerprint density at radius 2 is 1.77 bits per heavy atom. The molecule has 0 saturated carbocycles. The molecule has 0 aliphatic rings. The van der Waals surface area contributed by atoms with Gasteiger partial charge in [-0.25, -0.2) is 4.39 Å². The van der Waals surface area contributed by atoms with E-state index >= 15 is 0 Å². The van der Waals surface area contributed by atoms with Gasteiger partial charge in [0.25, 0.3) is 5.91 Å². The Hall–Kier alpha value is -3.09. The van der Waals surface area contributed by atoms with Crippen LogP contribution in [0.5, 0.6) is 11.5 Å². The molecule has 0 unspecified atom stereocenters. The Kier molecular flexibility index (Phi) is 6.54. The summed E-state index contributed by atoms with van der Waals surface area (Å²) in [6.07, 6.45) is 0.383. The lowest BCUT2D eigenvalue weighted by molar-refractivity contribution is -0.137. The summed E-state index contributed by atoms with van der Waals surface area (Å²) in [6.45, 7) is -0.393. The second-order valence-electron chi connectivity index (χ2n) is 5.54. The van der Waals surface area contributed by atoms with Gasteiger partial charge in [0.05, 0.1) is 19.8 Å². The quantitative estimate of drug-likeness (QED) is 0.782. The maximum atomic E-state index is 13.9. The molecule has 138 valence electrons. The zero-order valence-corrected chi connectivity index (χ0v) is 14.6. The highest BCUT2D eigenvalue weighted by atomic mass is 19.1. The number of carbonyl (C=O) groups is 2. The molecule has 0 aliphatic carbocycles. The fourth-order valence-corrected chi connectivity index (χ4v) is 2.52. The summed E-state index contributed by atoms with van der Waals surface area (Å²) in [5, 5.41) is 9.07. The fraction of sp³-hybridized carbons (Fsp3) is 0.263. The van der Waals surface area contributed by atoms with Crippen molar-refractivity contribution in [3.8, 4) is 11.5 Å². The van der Waals surface area contributed by atoms with Gasteiger partial charge >= 0.3 is 5.97 Å². The van der Waals surface area contributed by atoms with Gasteiger partial charge in [-0.15, -0.1) is 0 Å². The molecule has 0 heterocycles. The van der Waals surface area contributed by atoms with Crippen LogP contribution in [0.15, 0.2) is 42.5 Å². The average Bonchev–Trinajstić information content (AvgIpc) is 2.64. The number of amides is 1. The predicted octanol–water partition coefficient (Wildman–Crippen LogP) is 2.61. The molecular weight excluding hydrogens is 341 g/mol. The zero-order valence-electron chi connectivity index (χ0n) is 14.6. The minimum atomic E-state index is -1.16. The maximum absolute atomic E-state index is 13.9. The number of nitrogens with zero attached hydrogens (tertiary/aromatic N) is 1. The molecule has 2 aromatic rings. The summed E-state index contributed by atoms with van der Waals surface area (Å²) < 4.78 is 24.3. The first-order valence-electron chi connectivity index (χ1n) is 7.92. The third kappa shape index (κ3) is 4.72. The van der Waals surface area contributed by atoms with Gasteiger partial charge in [-0.2, -0.15) is 0 Å². The molecule has 0 aromatic heterocycles. The van der Waals surface area contributed by atoms with E-state index in [4.69, 9.17) is 14.6 Å². The summed E-state index contributed by atoms with van der Waals surface area (Å²) in [6, 6.07) is 10.8. The van der Waals surface area contributed by atoms with Crippen molar-refractivity contribution in [2.45, 2.75) is 6.42 Å². The van der Waals surface area contributed by atoms with Gasteiger partial charge in [0.2, 0.25) is 0 Å². The highest BCUT2D eigenvalue weighted by Gasteiger charge is 2.21. The van der Waals surface area contributed by atoms with Gasteiger partial charge in [-0.1, -0.05) is 18.2 Å². The van der Waals surface area contributed by atoms with Crippen molar-refractivity contribution < 1.29 is 28.6 Å². The second-order valence-corrected chi connectivity index (χ2v) is 5.54. The average molecular weight is 361 g/mol. The van der Waals surface area contributed by atoms with E-state index in [9.17, 15) is 14.0 Å². The van der Waals surface area contributed by atoms with Crippen molar-refractivity contribution in [2.24, 2.45) is 0 Å². The topological polar surface area (TPSA) is 76.1 Å². The van der Waals surface area contributed by atoms with Crippen LogP contribution in [0.3, 0.4) is 0 Å². The lowest BCUT2D eigenvalue weighted by Gasteiger charge is -2.21. The Bertz CT molecular complexity index is 793.